The van der Waals surface area contributed by atoms with Crippen molar-refractivity contribution < 1.29 is 13.6 Å². The molecule has 5 nitrogen and oxygen atoms in total. The van der Waals surface area contributed by atoms with E-state index in [1.165, 1.54) is 17.7 Å². The highest BCUT2D eigenvalue weighted by Crippen LogP contribution is 2.34. The highest BCUT2D eigenvalue weighted by atomic mass is 35.5. The second kappa shape index (κ2) is 8.44. The molecule has 0 fully saturated rings. The van der Waals surface area contributed by atoms with Gasteiger partial charge in [0.1, 0.15) is 5.69 Å². The molecule has 0 unspecified atom stereocenters. The van der Waals surface area contributed by atoms with Crippen LogP contribution in [0.15, 0.2) is 35.3 Å². The lowest BCUT2D eigenvalue weighted by Crippen LogP contribution is -2.22. The molecule has 158 valence electrons. The molecule has 3 aromatic rings. The Morgan fingerprint density at radius 3 is 2.40 bits per heavy atom. The number of hydrogen-bond donors (Lipinski definition) is 2. The van der Waals surface area contributed by atoms with Crippen LogP contribution >= 0.6 is 11.6 Å². The van der Waals surface area contributed by atoms with Crippen molar-refractivity contribution in [2.75, 3.05) is 17.6 Å². The van der Waals surface area contributed by atoms with Crippen LogP contribution in [0, 0.1) is 11.6 Å². The number of benzene rings is 2. The molecule has 0 saturated heterocycles. The van der Waals surface area contributed by atoms with E-state index in [9.17, 15) is 14.0 Å². The van der Waals surface area contributed by atoms with Crippen molar-refractivity contribution in [2.45, 2.75) is 33.2 Å². The molecule has 1 aromatic heterocycles. The van der Waals surface area contributed by atoms with Gasteiger partial charge in [-0.1, -0.05) is 23.7 Å². The van der Waals surface area contributed by atoms with Crippen LogP contribution in [0.1, 0.15) is 42.7 Å². The van der Waals surface area contributed by atoms with Crippen LogP contribution < -0.4 is 16.5 Å². The SMILES string of the molecule is CC(=O)c1cn(C(C)C)c2c(F)c(NCCc3ccc(Cl)cc3)c(F)c(N)c2c1=O. The lowest BCUT2D eigenvalue weighted by atomic mass is 10.0. The summed E-state index contributed by atoms with van der Waals surface area (Å²) in [6.07, 6.45) is 1.80. The third kappa shape index (κ3) is 3.89. The number of carbonyl (C=O) groups is 1. The lowest BCUT2D eigenvalue weighted by Gasteiger charge is -2.20. The molecule has 0 aliphatic heterocycles. The lowest BCUT2D eigenvalue weighted by molar-refractivity contribution is 0.101. The summed E-state index contributed by atoms with van der Waals surface area (Å²) >= 11 is 5.86. The van der Waals surface area contributed by atoms with Crippen LogP contribution in [0.3, 0.4) is 0 Å². The zero-order valence-electron chi connectivity index (χ0n) is 16.9. The summed E-state index contributed by atoms with van der Waals surface area (Å²) in [5.74, 6) is -2.47. The molecule has 1 heterocycles. The third-order valence-corrected chi connectivity index (χ3v) is 5.20. The monoisotopic (exact) mass is 433 g/mol. The first-order valence-corrected chi connectivity index (χ1v) is 9.85. The molecule has 0 amide bonds. The van der Waals surface area contributed by atoms with Crippen molar-refractivity contribution in [3.8, 4) is 0 Å². The zero-order valence-corrected chi connectivity index (χ0v) is 17.6. The summed E-state index contributed by atoms with van der Waals surface area (Å²) in [6, 6.07) is 6.82. The van der Waals surface area contributed by atoms with Crippen molar-refractivity contribution in [1.82, 2.24) is 4.57 Å². The van der Waals surface area contributed by atoms with Gasteiger partial charge < -0.3 is 15.6 Å². The fourth-order valence-electron chi connectivity index (χ4n) is 3.36. The van der Waals surface area contributed by atoms with E-state index >= 15 is 4.39 Å². The van der Waals surface area contributed by atoms with E-state index in [4.69, 9.17) is 17.3 Å². The van der Waals surface area contributed by atoms with Crippen molar-refractivity contribution in [3.05, 3.63) is 68.5 Å². The van der Waals surface area contributed by atoms with Gasteiger partial charge in [-0.2, -0.15) is 0 Å². The first kappa shape index (κ1) is 21.8. The van der Waals surface area contributed by atoms with Crippen LogP contribution in [0.2, 0.25) is 5.02 Å². The number of nitrogens with one attached hydrogen (secondary N) is 1. The predicted octanol–water partition coefficient (Wildman–Crippen LogP) is 4.95. The number of hydrogen-bond acceptors (Lipinski definition) is 4. The molecule has 3 N–H and O–H groups in total. The Labute approximate surface area is 177 Å². The quantitative estimate of drug-likeness (QED) is 0.425. The number of nitrogens with two attached hydrogens (primary N) is 1. The molecular weight excluding hydrogens is 412 g/mol. The van der Waals surface area contributed by atoms with Crippen molar-refractivity contribution in [1.29, 1.82) is 0 Å². The van der Waals surface area contributed by atoms with Gasteiger partial charge in [-0.3, -0.25) is 9.59 Å². The summed E-state index contributed by atoms with van der Waals surface area (Å²) in [5, 5.41) is 3.03. The minimum absolute atomic E-state index is 0.132. The summed E-state index contributed by atoms with van der Waals surface area (Å²) in [5.41, 5.74) is 4.88. The van der Waals surface area contributed by atoms with E-state index in [1.54, 1.807) is 26.0 Å². The Morgan fingerprint density at radius 1 is 1.20 bits per heavy atom. The van der Waals surface area contributed by atoms with Gasteiger partial charge in [-0.15, -0.1) is 0 Å². The number of halogens is 3. The van der Waals surface area contributed by atoms with Gasteiger partial charge in [0.05, 0.1) is 22.2 Å². The van der Waals surface area contributed by atoms with Crippen molar-refractivity contribution in [2.24, 2.45) is 0 Å². The standard InChI is InChI=1S/C22H22ClF2N3O2/c1-11(2)28-10-15(12(3)29)22(30)16-19(26)17(24)20(18(25)21(16)28)27-9-8-13-4-6-14(23)7-5-13/h4-7,10-11,27H,8-9,26H2,1-3H3. The number of fused-ring (bicyclic) bond motifs is 1. The van der Waals surface area contributed by atoms with Crippen molar-refractivity contribution in [3.63, 3.8) is 0 Å². The van der Waals surface area contributed by atoms with Gasteiger partial charge in [0.25, 0.3) is 0 Å². The van der Waals surface area contributed by atoms with Gasteiger partial charge in [0.2, 0.25) is 5.43 Å². The van der Waals surface area contributed by atoms with Crippen LogP contribution in [0.25, 0.3) is 10.9 Å². The van der Waals surface area contributed by atoms with E-state index in [1.807, 2.05) is 12.1 Å². The highest BCUT2D eigenvalue weighted by Gasteiger charge is 2.25. The fourth-order valence-corrected chi connectivity index (χ4v) is 3.49. The first-order chi connectivity index (χ1) is 14.1. The molecule has 0 radical (unpaired) electrons. The molecule has 30 heavy (non-hydrogen) atoms. The molecule has 8 heteroatoms. The molecule has 0 aliphatic carbocycles. The third-order valence-electron chi connectivity index (χ3n) is 4.95. The van der Waals surface area contributed by atoms with Gasteiger partial charge in [-0.25, -0.2) is 8.78 Å². The van der Waals surface area contributed by atoms with E-state index in [0.29, 0.717) is 11.4 Å². The number of carbonyl (C=O) groups excluding carboxylic acids is 1. The number of nitrogens with zero attached hydrogens (tertiary/aromatic N) is 1. The van der Waals surface area contributed by atoms with Crippen molar-refractivity contribution >= 4 is 39.7 Å². The highest BCUT2D eigenvalue weighted by molar-refractivity contribution is 6.30. The molecule has 0 atom stereocenters. The Morgan fingerprint density at radius 2 is 1.83 bits per heavy atom. The van der Waals surface area contributed by atoms with E-state index < -0.39 is 34.2 Å². The molecule has 3 rings (SSSR count). The van der Waals surface area contributed by atoms with E-state index in [-0.39, 0.29) is 29.1 Å². The van der Waals surface area contributed by atoms with Crippen LogP contribution in [0.4, 0.5) is 20.2 Å². The van der Waals surface area contributed by atoms with E-state index in [2.05, 4.69) is 5.32 Å². The second-order valence-electron chi connectivity index (χ2n) is 7.37. The topological polar surface area (TPSA) is 77.1 Å². The summed E-state index contributed by atoms with van der Waals surface area (Å²) in [6.45, 7) is 4.99. The number of anilines is 2. The summed E-state index contributed by atoms with van der Waals surface area (Å²) in [4.78, 5) is 24.6. The van der Waals surface area contributed by atoms with E-state index in [0.717, 1.165) is 5.56 Å². The largest absolute Gasteiger partial charge is 0.396 e. The molecule has 0 aliphatic rings. The minimum atomic E-state index is -1.05. The zero-order chi connectivity index (χ0) is 22.2. The smallest absolute Gasteiger partial charge is 0.202 e. The van der Waals surface area contributed by atoms with Gasteiger partial charge in [0, 0.05) is 23.8 Å². The maximum atomic E-state index is 15.4. The number of pyridine rings is 1. The molecule has 2 aromatic carbocycles. The van der Waals surface area contributed by atoms with Gasteiger partial charge >= 0.3 is 0 Å². The molecule has 0 saturated carbocycles. The molecule has 0 spiro atoms. The summed E-state index contributed by atoms with van der Waals surface area (Å²) < 4.78 is 31.8. The Kier molecular flexibility index (Phi) is 6.12. The maximum Gasteiger partial charge on any atom is 0.202 e. The molecular formula is C22H22ClF2N3O2. The van der Waals surface area contributed by atoms with Crippen LogP contribution in [-0.4, -0.2) is 16.9 Å². The molecule has 0 bridgehead atoms. The van der Waals surface area contributed by atoms with Gasteiger partial charge in [-0.05, 0) is 44.9 Å². The minimum Gasteiger partial charge on any atom is -0.396 e. The Balaban J connectivity index is 2.11. The van der Waals surface area contributed by atoms with Crippen LogP contribution in [0.5, 0.6) is 0 Å². The number of ketones is 1. The number of nitrogen functional groups attached to an aromatic ring is 1. The first-order valence-electron chi connectivity index (χ1n) is 9.48. The average molecular weight is 434 g/mol. The van der Waals surface area contributed by atoms with Gasteiger partial charge in [0.15, 0.2) is 17.4 Å². The number of aromatic nitrogens is 1. The predicted molar refractivity (Wildman–Crippen MR) is 117 cm³/mol. The Bertz CT molecular complexity index is 1190. The second-order valence-corrected chi connectivity index (χ2v) is 7.81. The summed E-state index contributed by atoms with van der Waals surface area (Å²) in [7, 11) is 0. The maximum absolute atomic E-state index is 15.4. The Hall–Kier alpha value is -2.93. The normalized spacial score (nSPS) is 11.3. The fraction of sp³-hybridized carbons (Fsp3) is 0.273. The average Bonchev–Trinajstić information content (AvgIpc) is 2.69. The number of Topliss-reactive ketones (excluding diaryl/α,β-unsaturated/α-hetero) is 1. The van der Waals surface area contributed by atoms with Crippen LogP contribution in [-0.2, 0) is 6.42 Å². The number of rotatable bonds is 6.